The number of halogens is 1. The molecule has 1 aromatic rings. The molecule has 1 amide bonds. The van der Waals surface area contributed by atoms with Crippen molar-refractivity contribution in [3.05, 3.63) is 28.8 Å². The summed E-state index contributed by atoms with van der Waals surface area (Å²) in [6, 6.07) is 5.65. The molecule has 0 bridgehead atoms. The molecule has 0 saturated carbocycles. The number of nitrogens with one attached hydrogen (secondary N) is 2. The van der Waals surface area contributed by atoms with Crippen molar-refractivity contribution in [2.45, 2.75) is 39.8 Å². The number of hydrogen-bond donors (Lipinski definition) is 2. The lowest BCUT2D eigenvalue weighted by Crippen LogP contribution is -2.34. The minimum absolute atomic E-state index is 0.00561. The zero-order chi connectivity index (χ0) is 15.1. The summed E-state index contributed by atoms with van der Waals surface area (Å²) in [5, 5.41) is 6.76. The Hall–Kier alpha value is -1.26. The Balaban J connectivity index is 2.76. The smallest absolute Gasteiger partial charge is 0.258 e. The van der Waals surface area contributed by atoms with Gasteiger partial charge in [-0.05, 0) is 45.5 Å². The summed E-state index contributed by atoms with van der Waals surface area (Å²) >= 11 is 6.03. The Kier molecular flexibility index (Phi) is 6.82. The fourth-order valence-electron chi connectivity index (χ4n) is 1.91. The lowest BCUT2D eigenvalue weighted by molar-refractivity contribution is -0.123. The highest BCUT2D eigenvalue weighted by molar-refractivity contribution is 6.30. The first-order chi connectivity index (χ1) is 9.43. The zero-order valence-electron chi connectivity index (χ0n) is 12.5. The van der Waals surface area contributed by atoms with Crippen LogP contribution < -0.4 is 15.4 Å². The van der Waals surface area contributed by atoms with E-state index in [1.54, 1.807) is 12.1 Å². The highest BCUT2D eigenvalue weighted by Gasteiger charge is 2.13. The fraction of sp³-hybridized carbons (Fsp3) is 0.533. The molecule has 0 spiro atoms. The van der Waals surface area contributed by atoms with Crippen molar-refractivity contribution in [3.63, 3.8) is 0 Å². The predicted octanol–water partition coefficient (Wildman–Crippen LogP) is 2.91. The Labute approximate surface area is 125 Å². The Morgan fingerprint density at radius 2 is 2.05 bits per heavy atom. The second-order valence-corrected chi connectivity index (χ2v) is 5.41. The molecule has 2 N–H and O–H groups in total. The van der Waals surface area contributed by atoms with Gasteiger partial charge < -0.3 is 15.4 Å². The monoisotopic (exact) mass is 298 g/mol. The number of amides is 1. The van der Waals surface area contributed by atoms with Crippen LogP contribution in [0.25, 0.3) is 0 Å². The van der Waals surface area contributed by atoms with Gasteiger partial charge in [-0.3, -0.25) is 4.79 Å². The maximum Gasteiger partial charge on any atom is 0.258 e. The van der Waals surface area contributed by atoms with Gasteiger partial charge >= 0.3 is 0 Å². The van der Waals surface area contributed by atoms with Crippen LogP contribution in [-0.4, -0.2) is 25.1 Å². The lowest BCUT2D eigenvalue weighted by atomic mass is 10.1. The third kappa shape index (κ3) is 5.39. The van der Waals surface area contributed by atoms with Crippen LogP contribution >= 0.6 is 11.6 Å². The van der Waals surface area contributed by atoms with Crippen LogP contribution in [0.2, 0.25) is 5.02 Å². The SMILES string of the molecule is CCNC(C)c1cc(Cl)ccc1OCC(=O)NC(C)C. The third-order valence-electron chi connectivity index (χ3n) is 2.76. The molecule has 1 rings (SSSR count). The molecular formula is C15H23ClN2O2. The van der Waals surface area contributed by atoms with E-state index in [0.717, 1.165) is 12.1 Å². The number of ether oxygens (including phenoxy) is 1. The molecule has 20 heavy (non-hydrogen) atoms. The highest BCUT2D eigenvalue weighted by atomic mass is 35.5. The van der Waals surface area contributed by atoms with Crippen LogP contribution in [0.1, 0.15) is 39.3 Å². The van der Waals surface area contributed by atoms with Gasteiger partial charge in [-0.1, -0.05) is 18.5 Å². The molecule has 0 aliphatic carbocycles. The molecule has 0 aromatic heterocycles. The largest absolute Gasteiger partial charge is 0.483 e. The maximum atomic E-state index is 11.6. The Bertz CT molecular complexity index is 449. The van der Waals surface area contributed by atoms with E-state index in [1.807, 2.05) is 33.8 Å². The van der Waals surface area contributed by atoms with Crippen molar-refractivity contribution >= 4 is 17.5 Å². The standard InChI is InChI=1S/C15H23ClN2O2/c1-5-17-11(4)13-8-12(16)6-7-14(13)20-9-15(19)18-10(2)3/h6-8,10-11,17H,5,9H2,1-4H3,(H,18,19). The zero-order valence-corrected chi connectivity index (χ0v) is 13.3. The molecule has 1 atom stereocenters. The fourth-order valence-corrected chi connectivity index (χ4v) is 2.09. The summed E-state index contributed by atoms with van der Waals surface area (Å²) in [5.74, 6) is 0.554. The number of benzene rings is 1. The number of carbonyl (C=O) groups excluding carboxylic acids is 1. The quantitative estimate of drug-likeness (QED) is 0.814. The van der Waals surface area contributed by atoms with Gasteiger partial charge in [0.05, 0.1) is 0 Å². The second-order valence-electron chi connectivity index (χ2n) is 4.97. The van der Waals surface area contributed by atoms with Crippen molar-refractivity contribution in [3.8, 4) is 5.75 Å². The van der Waals surface area contributed by atoms with E-state index in [2.05, 4.69) is 10.6 Å². The summed E-state index contributed by atoms with van der Waals surface area (Å²) in [6.07, 6.45) is 0. The molecule has 0 aliphatic heterocycles. The highest BCUT2D eigenvalue weighted by Crippen LogP contribution is 2.28. The van der Waals surface area contributed by atoms with Crippen molar-refractivity contribution in [2.24, 2.45) is 0 Å². The first-order valence-corrected chi connectivity index (χ1v) is 7.26. The van der Waals surface area contributed by atoms with Gasteiger partial charge in [0.2, 0.25) is 0 Å². The number of hydrogen-bond acceptors (Lipinski definition) is 3. The average molecular weight is 299 g/mol. The molecule has 1 unspecified atom stereocenters. The first kappa shape index (κ1) is 16.8. The van der Waals surface area contributed by atoms with Gasteiger partial charge in [0, 0.05) is 22.7 Å². The van der Waals surface area contributed by atoms with Crippen molar-refractivity contribution in [1.29, 1.82) is 0 Å². The van der Waals surface area contributed by atoms with Gasteiger partial charge in [-0.15, -0.1) is 0 Å². The van der Waals surface area contributed by atoms with Crippen LogP contribution in [0.15, 0.2) is 18.2 Å². The molecule has 0 fully saturated rings. The average Bonchev–Trinajstić information content (AvgIpc) is 2.36. The van der Waals surface area contributed by atoms with E-state index >= 15 is 0 Å². The van der Waals surface area contributed by atoms with Crippen LogP contribution in [0, 0.1) is 0 Å². The van der Waals surface area contributed by atoms with E-state index in [-0.39, 0.29) is 24.6 Å². The maximum absolute atomic E-state index is 11.6. The molecular weight excluding hydrogens is 276 g/mol. The number of rotatable bonds is 7. The van der Waals surface area contributed by atoms with E-state index in [9.17, 15) is 4.79 Å². The van der Waals surface area contributed by atoms with Crippen molar-refractivity contribution < 1.29 is 9.53 Å². The van der Waals surface area contributed by atoms with E-state index in [0.29, 0.717) is 10.8 Å². The van der Waals surface area contributed by atoms with Gasteiger partial charge in [0.1, 0.15) is 5.75 Å². The molecule has 5 heteroatoms. The molecule has 0 heterocycles. The Morgan fingerprint density at radius 1 is 1.35 bits per heavy atom. The first-order valence-electron chi connectivity index (χ1n) is 6.89. The van der Waals surface area contributed by atoms with Crippen molar-refractivity contribution in [2.75, 3.05) is 13.2 Å². The molecule has 0 radical (unpaired) electrons. The van der Waals surface area contributed by atoms with Gasteiger partial charge in [-0.2, -0.15) is 0 Å². The normalized spacial score (nSPS) is 12.3. The van der Waals surface area contributed by atoms with Crippen LogP contribution in [-0.2, 0) is 4.79 Å². The molecule has 0 saturated heterocycles. The summed E-state index contributed by atoms with van der Waals surface area (Å²) in [5.41, 5.74) is 0.955. The minimum Gasteiger partial charge on any atom is -0.483 e. The second kappa shape index (κ2) is 8.12. The molecule has 112 valence electrons. The van der Waals surface area contributed by atoms with Crippen molar-refractivity contribution in [1.82, 2.24) is 10.6 Å². The van der Waals surface area contributed by atoms with Crippen LogP contribution in [0.3, 0.4) is 0 Å². The summed E-state index contributed by atoms with van der Waals surface area (Å²) in [6.45, 7) is 8.76. The van der Waals surface area contributed by atoms with E-state index in [4.69, 9.17) is 16.3 Å². The van der Waals surface area contributed by atoms with E-state index < -0.39 is 0 Å². The third-order valence-corrected chi connectivity index (χ3v) is 2.99. The van der Waals surface area contributed by atoms with Gasteiger partial charge in [0.25, 0.3) is 5.91 Å². The Morgan fingerprint density at radius 3 is 2.65 bits per heavy atom. The summed E-state index contributed by atoms with van der Waals surface area (Å²) in [4.78, 5) is 11.6. The molecule has 1 aromatic carbocycles. The summed E-state index contributed by atoms with van der Waals surface area (Å²) < 4.78 is 5.61. The van der Waals surface area contributed by atoms with Crippen LogP contribution in [0.4, 0.5) is 0 Å². The van der Waals surface area contributed by atoms with Gasteiger partial charge in [-0.25, -0.2) is 0 Å². The minimum atomic E-state index is -0.128. The predicted molar refractivity (Wildman–Crippen MR) is 82.3 cm³/mol. The lowest BCUT2D eigenvalue weighted by Gasteiger charge is -2.18. The molecule has 0 aliphatic rings. The topological polar surface area (TPSA) is 50.4 Å². The summed E-state index contributed by atoms with van der Waals surface area (Å²) in [7, 11) is 0. The van der Waals surface area contributed by atoms with Gasteiger partial charge in [0.15, 0.2) is 6.61 Å². The number of carbonyl (C=O) groups is 1. The molecule has 4 nitrogen and oxygen atoms in total. The van der Waals surface area contributed by atoms with E-state index in [1.165, 1.54) is 0 Å². The van der Waals surface area contributed by atoms with Crippen LogP contribution in [0.5, 0.6) is 5.75 Å².